The van der Waals surface area contributed by atoms with E-state index in [-0.39, 0.29) is 17.8 Å². The Kier molecular flexibility index (Phi) is 4.34. The van der Waals surface area contributed by atoms with E-state index in [9.17, 15) is 9.18 Å². The summed E-state index contributed by atoms with van der Waals surface area (Å²) < 4.78 is 28.1. The van der Waals surface area contributed by atoms with Gasteiger partial charge >= 0.3 is 0 Å². The van der Waals surface area contributed by atoms with Crippen LogP contribution in [0.3, 0.4) is 0 Å². The first-order chi connectivity index (χ1) is 13.6. The number of imidazole rings is 1. The fourth-order valence-corrected chi connectivity index (χ4v) is 4.09. The second-order valence-corrected chi connectivity index (χ2v) is 7.98. The van der Waals surface area contributed by atoms with E-state index >= 15 is 0 Å². The van der Waals surface area contributed by atoms with Gasteiger partial charge in [-0.2, -0.15) is 0 Å². The van der Waals surface area contributed by atoms with Crippen molar-refractivity contribution in [2.45, 2.75) is 45.4 Å². The number of hydrogen-bond donors (Lipinski definition) is 0. The Morgan fingerprint density at radius 3 is 2.75 bits per heavy atom. The summed E-state index contributed by atoms with van der Waals surface area (Å²) in [5, 5.41) is 0. The summed E-state index contributed by atoms with van der Waals surface area (Å²) in [6, 6.07) is 4.96. The van der Waals surface area contributed by atoms with Crippen LogP contribution in [0.1, 0.15) is 42.0 Å². The first-order valence-corrected chi connectivity index (χ1v) is 10.0. The number of amides is 1. The van der Waals surface area contributed by atoms with Gasteiger partial charge in [-0.05, 0) is 37.8 Å². The van der Waals surface area contributed by atoms with Crippen LogP contribution in [0.2, 0.25) is 0 Å². The molecule has 1 aliphatic carbocycles. The number of aryl methyl sites for hydroxylation is 1. The van der Waals surface area contributed by atoms with Gasteiger partial charge in [-0.3, -0.25) is 4.79 Å². The summed E-state index contributed by atoms with van der Waals surface area (Å²) in [5.41, 5.74) is 1.81. The van der Waals surface area contributed by atoms with E-state index in [0.717, 1.165) is 19.4 Å². The molecule has 5 rings (SSSR count). The van der Waals surface area contributed by atoms with E-state index < -0.39 is 0 Å². The first-order valence-electron chi connectivity index (χ1n) is 10.0. The lowest BCUT2D eigenvalue weighted by molar-refractivity contribution is 0.0254. The molecular weight excluding hydrogens is 361 g/mol. The van der Waals surface area contributed by atoms with Crippen molar-refractivity contribution in [1.29, 1.82) is 0 Å². The quantitative estimate of drug-likeness (QED) is 0.792. The summed E-state index contributed by atoms with van der Waals surface area (Å²) in [6.07, 6.45) is 4.06. The summed E-state index contributed by atoms with van der Waals surface area (Å²) >= 11 is 0. The Bertz CT molecular complexity index is 916. The molecule has 28 heavy (non-hydrogen) atoms. The van der Waals surface area contributed by atoms with Gasteiger partial charge < -0.3 is 18.9 Å². The zero-order valence-electron chi connectivity index (χ0n) is 16.0. The highest BCUT2D eigenvalue weighted by Gasteiger charge is 2.36. The Morgan fingerprint density at radius 2 is 2.04 bits per heavy atom. The van der Waals surface area contributed by atoms with Gasteiger partial charge in [0.15, 0.2) is 0 Å². The van der Waals surface area contributed by atoms with Crippen LogP contribution in [-0.4, -0.2) is 46.2 Å². The molecular formula is C21H24FN3O3. The molecule has 1 aromatic heterocycles. The largest absolute Gasteiger partial charge is 0.490 e. The molecule has 1 aromatic carbocycles. The van der Waals surface area contributed by atoms with Gasteiger partial charge in [-0.25, -0.2) is 9.37 Å². The molecule has 2 aromatic rings. The maximum atomic E-state index is 15.0. The standard InChI is InChI=1S/C21H24FN3O3/c1-13-19(25-12-24(11-14-2-3-14)21(26)20(25)23-13)17-5-4-16(10-18(17)22)28-15-6-8-27-9-7-15/h4-5,10,14-15H,2-3,6-9,11-12H2,1H3. The second-order valence-electron chi connectivity index (χ2n) is 7.98. The molecule has 3 aliphatic rings. The third kappa shape index (κ3) is 3.17. The molecule has 1 saturated carbocycles. The van der Waals surface area contributed by atoms with Gasteiger partial charge in [0.25, 0.3) is 5.91 Å². The van der Waals surface area contributed by atoms with Gasteiger partial charge in [0, 0.05) is 31.0 Å². The minimum Gasteiger partial charge on any atom is -0.490 e. The fourth-order valence-electron chi connectivity index (χ4n) is 4.09. The first kappa shape index (κ1) is 17.7. The zero-order valence-corrected chi connectivity index (χ0v) is 16.0. The molecule has 2 fully saturated rings. The molecule has 0 radical (unpaired) electrons. The Balaban J connectivity index is 1.41. The minimum absolute atomic E-state index is 0.0545. The van der Waals surface area contributed by atoms with Crippen molar-refractivity contribution in [3.05, 3.63) is 35.5 Å². The van der Waals surface area contributed by atoms with Gasteiger partial charge in [-0.1, -0.05) is 0 Å². The highest BCUT2D eigenvalue weighted by molar-refractivity contribution is 5.94. The third-order valence-electron chi connectivity index (χ3n) is 5.77. The molecule has 0 atom stereocenters. The molecule has 6 nitrogen and oxygen atoms in total. The minimum atomic E-state index is -0.358. The monoisotopic (exact) mass is 385 g/mol. The molecule has 0 spiro atoms. The maximum absolute atomic E-state index is 15.0. The molecule has 0 unspecified atom stereocenters. The molecule has 1 saturated heterocycles. The van der Waals surface area contributed by atoms with Crippen LogP contribution in [0.25, 0.3) is 11.3 Å². The van der Waals surface area contributed by atoms with Crippen molar-refractivity contribution in [1.82, 2.24) is 14.5 Å². The predicted molar refractivity (Wildman–Crippen MR) is 101 cm³/mol. The highest BCUT2D eigenvalue weighted by Crippen LogP contribution is 2.35. The second kappa shape index (κ2) is 6.88. The number of halogens is 1. The lowest BCUT2D eigenvalue weighted by Crippen LogP contribution is -2.27. The van der Waals surface area contributed by atoms with Crippen molar-refractivity contribution in [3.8, 4) is 17.0 Å². The number of carbonyl (C=O) groups is 1. The van der Waals surface area contributed by atoms with Crippen LogP contribution in [0.15, 0.2) is 18.2 Å². The average molecular weight is 385 g/mol. The molecule has 148 valence electrons. The van der Waals surface area contributed by atoms with E-state index in [1.54, 1.807) is 12.1 Å². The van der Waals surface area contributed by atoms with Crippen LogP contribution >= 0.6 is 0 Å². The Labute approximate surface area is 163 Å². The lowest BCUT2D eigenvalue weighted by atomic mass is 10.1. The predicted octanol–water partition coefficient (Wildman–Crippen LogP) is 3.38. The van der Waals surface area contributed by atoms with Crippen LogP contribution in [0, 0.1) is 18.7 Å². The number of fused-ring (bicyclic) bond motifs is 1. The van der Waals surface area contributed by atoms with Crippen molar-refractivity contribution in [3.63, 3.8) is 0 Å². The number of aromatic nitrogens is 2. The molecule has 0 bridgehead atoms. The van der Waals surface area contributed by atoms with E-state index in [4.69, 9.17) is 9.47 Å². The lowest BCUT2D eigenvalue weighted by Gasteiger charge is -2.23. The third-order valence-corrected chi connectivity index (χ3v) is 5.77. The summed E-state index contributed by atoms with van der Waals surface area (Å²) in [6.45, 7) is 4.39. The molecule has 0 N–H and O–H groups in total. The number of nitrogens with zero attached hydrogens (tertiary/aromatic N) is 3. The number of ether oxygens (including phenoxy) is 2. The van der Waals surface area contributed by atoms with Crippen LogP contribution in [0.4, 0.5) is 4.39 Å². The topological polar surface area (TPSA) is 56.6 Å². The summed E-state index contributed by atoms with van der Waals surface area (Å²) in [5.74, 6) is 1.13. The number of rotatable bonds is 5. The SMILES string of the molecule is Cc1nc2n(c1-c1ccc(OC3CCOCC3)cc1F)CN(CC1CC1)C2=O. The van der Waals surface area contributed by atoms with E-state index in [1.165, 1.54) is 18.9 Å². The fraction of sp³-hybridized carbons (Fsp3) is 0.524. The van der Waals surface area contributed by atoms with Crippen molar-refractivity contribution in [2.75, 3.05) is 19.8 Å². The smallest absolute Gasteiger partial charge is 0.291 e. The number of benzene rings is 1. The van der Waals surface area contributed by atoms with E-state index in [1.807, 2.05) is 16.4 Å². The average Bonchev–Trinajstić information content (AvgIpc) is 3.38. The van der Waals surface area contributed by atoms with Crippen LogP contribution < -0.4 is 4.74 Å². The highest BCUT2D eigenvalue weighted by atomic mass is 19.1. The molecule has 2 aliphatic heterocycles. The maximum Gasteiger partial charge on any atom is 0.291 e. The van der Waals surface area contributed by atoms with Crippen molar-refractivity contribution in [2.24, 2.45) is 5.92 Å². The Morgan fingerprint density at radius 1 is 1.25 bits per heavy atom. The van der Waals surface area contributed by atoms with Crippen molar-refractivity contribution >= 4 is 5.91 Å². The zero-order chi connectivity index (χ0) is 19.3. The molecule has 1 amide bonds. The summed E-state index contributed by atoms with van der Waals surface area (Å²) in [7, 11) is 0. The van der Waals surface area contributed by atoms with Gasteiger partial charge in [0.1, 0.15) is 17.7 Å². The normalized spacial score (nSPS) is 19.9. The van der Waals surface area contributed by atoms with E-state index in [0.29, 0.717) is 54.3 Å². The van der Waals surface area contributed by atoms with Gasteiger partial charge in [0.2, 0.25) is 5.82 Å². The van der Waals surface area contributed by atoms with Crippen LogP contribution in [0.5, 0.6) is 5.75 Å². The van der Waals surface area contributed by atoms with Gasteiger partial charge in [-0.15, -0.1) is 0 Å². The van der Waals surface area contributed by atoms with Gasteiger partial charge in [0.05, 0.1) is 31.3 Å². The van der Waals surface area contributed by atoms with Crippen molar-refractivity contribution < 1.29 is 18.7 Å². The van der Waals surface area contributed by atoms with E-state index in [2.05, 4.69) is 4.98 Å². The molecule has 7 heteroatoms. The number of carbonyl (C=O) groups excluding carboxylic acids is 1. The Hall–Kier alpha value is -2.41. The number of hydrogen-bond acceptors (Lipinski definition) is 4. The molecule has 3 heterocycles. The van der Waals surface area contributed by atoms with Crippen LogP contribution in [-0.2, 0) is 11.4 Å². The summed E-state index contributed by atoms with van der Waals surface area (Å²) in [4.78, 5) is 18.9.